The molecular weight excluding hydrogens is 260 g/mol. The minimum atomic E-state index is -0.285. The molecule has 1 rings (SSSR count). The topological polar surface area (TPSA) is 92.1 Å². The number of carbonyl (C=O) groups excluding carboxylic acids is 2. The molecule has 0 aliphatic carbocycles. The molecule has 0 aliphatic rings. The average Bonchev–Trinajstić information content (AvgIpc) is 2.86. The van der Waals surface area contributed by atoms with Crippen LogP contribution < -0.4 is 10.6 Å². The third-order valence-corrected chi connectivity index (χ3v) is 2.58. The Morgan fingerprint density at radius 3 is 2.70 bits per heavy atom. The van der Waals surface area contributed by atoms with Crippen molar-refractivity contribution in [3.63, 3.8) is 0 Å². The Hall–Kier alpha value is -1.96. The number of amides is 2. The molecule has 0 spiro atoms. The van der Waals surface area contributed by atoms with Gasteiger partial charge in [-0.15, -0.1) is 5.10 Å². The van der Waals surface area contributed by atoms with Gasteiger partial charge in [0.1, 0.15) is 6.54 Å². The fourth-order valence-electron chi connectivity index (χ4n) is 1.42. The molecule has 0 fully saturated rings. The summed E-state index contributed by atoms with van der Waals surface area (Å²) in [4.78, 5) is 24.7. The minimum Gasteiger partial charge on any atom is -0.349 e. The van der Waals surface area contributed by atoms with Gasteiger partial charge >= 0.3 is 0 Å². The molecule has 0 bridgehead atoms. The number of nitrogens with one attached hydrogen (secondary N) is 2. The molecule has 0 saturated heterocycles. The third-order valence-electron chi connectivity index (χ3n) is 2.58. The monoisotopic (exact) mass is 282 g/mol. The Bertz CT molecular complexity index is 443. The molecule has 1 aromatic rings. The van der Waals surface area contributed by atoms with Crippen LogP contribution in [0.2, 0.25) is 0 Å². The van der Waals surface area contributed by atoms with Crippen molar-refractivity contribution in [1.82, 2.24) is 30.5 Å². The molecule has 0 saturated carbocycles. The van der Waals surface area contributed by atoms with Gasteiger partial charge in [0.25, 0.3) is 5.91 Å². The van der Waals surface area contributed by atoms with Gasteiger partial charge < -0.3 is 15.5 Å². The highest BCUT2D eigenvalue weighted by Crippen LogP contribution is 1.94. The van der Waals surface area contributed by atoms with E-state index in [4.69, 9.17) is 0 Å². The van der Waals surface area contributed by atoms with Gasteiger partial charge in [0.05, 0.1) is 6.20 Å². The summed E-state index contributed by atoms with van der Waals surface area (Å²) in [7, 11) is 3.33. The lowest BCUT2D eigenvalue weighted by Gasteiger charge is -2.08. The highest BCUT2D eigenvalue weighted by Gasteiger charge is 2.12. The number of aromatic nitrogens is 3. The van der Waals surface area contributed by atoms with Crippen LogP contribution in [-0.4, -0.2) is 65.4 Å². The van der Waals surface area contributed by atoms with Gasteiger partial charge in [0.15, 0.2) is 5.69 Å². The van der Waals surface area contributed by atoms with E-state index in [9.17, 15) is 9.59 Å². The predicted molar refractivity (Wildman–Crippen MR) is 74.2 cm³/mol. The van der Waals surface area contributed by atoms with E-state index in [0.29, 0.717) is 13.1 Å². The second-order valence-corrected chi connectivity index (χ2v) is 4.60. The maximum Gasteiger partial charge on any atom is 0.273 e. The van der Waals surface area contributed by atoms with Gasteiger partial charge in [-0.2, -0.15) is 0 Å². The first-order valence-corrected chi connectivity index (χ1v) is 6.63. The Morgan fingerprint density at radius 2 is 2.05 bits per heavy atom. The van der Waals surface area contributed by atoms with E-state index in [0.717, 1.165) is 13.0 Å². The van der Waals surface area contributed by atoms with Crippen LogP contribution in [0.3, 0.4) is 0 Å². The summed E-state index contributed by atoms with van der Waals surface area (Å²) in [5.74, 6) is -0.391. The number of rotatable bonds is 8. The van der Waals surface area contributed by atoms with E-state index in [-0.39, 0.29) is 24.1 Å². The summed E-state index contributed by atoms with van der Waals surface area (Å²) in [5, 5.41) is 13.4. The highest BCUT2D eigenvalue weighted by molar-refractivity contribution is 5.91. The van der Waals surface area contributed by atoms with E-state index in [2.05, 4.69) is 27.9 Å². The molecule has 0 radical (unpaired) electrons. The summed E-state index contributed by atoms with van der Waals surface area (Å²) < 4.78 is 1.35. The van der Waals surface area contributed by atoms with E-state index in [1.165, 1.54) is 15.8 Å². The molecule has 8 nitrogen and oxygen atoms in total. The first kappa shape index (κ1) is 16.1. The Balaban J connectivity index is 2.38. The van der Waals surface area contributed by atoms with Crippen molar-refractivity contribution >= 4 is 11.8 Å². The lowest BCUT2D eigenvalue weighted by molar-refractivity contribution is -0.129. The standard InChI is InChI=1S/C12H22N6O2/c1-4-5-13-6-7-14-12(20)10-8-18(16-15-10)9-11(19)17(2)3/h8,13H,4-7,9H2,1-3H3,(H,14,20). The lowest BCUT2D eigenvalue weighted by atomic mass is 10.4. The van der Waals surface area contributed by atoms with Gasteiger partial charge in [-0.25, -0.2) is 4.68 Å². The van der Waals surface area contributed by atoms with Crippen LogP contribution in [0.5, 0.6) is 0 Å². The largest absolute Gasteiger partial charge is 0.349 e. The summed E-state index contributed by atoms with van der Waals surface area (Å²) in [6.45, 7) is 4.33. The van der Waals surface area contributed by atoms with Gasteiger partial charge in [-0.05, 0) is 13.0 Å². The highest BCUT2D eigenvalue weighted by atomic mass is 16.2. The number of hydrogen-bond acceptors (Lipinski definition) is 5. The van der Waals surface area contributed by atoms with Crippen molar-refractivity contribution in [3.05, 3.63) is 11.9 Å². The van der Waals surface area contributed by atoms with Crippen LogP contribution >= 0.6 is 0 Å². The average molecular weight is 282 g/mol. The Kier molecular flexibility index (Phi) is 6.65. The van der Waals surface area contributed by atoms with Crippen molar-refractivity contribution in [1.29, 1.82) is 0 Å². The second-order valence-electron chi connectivity index (χ2n) is 4.60. The van der Waals surface area contributed by atoms with Gasteiger partial charge in [-0.3, -0.25) is 9.59 Å². The molecule has 0 unspecified atom stereocenters. The molecule has 1 heterocycles. The van der Waals surface area contributed by atoms with Crippen molar-refractivity contribution < 1.29 is 9.59 Å². The van der Waals surface area contributed by atoms with E-state index in [1.54, 1.807) is 14.1 Å². The number of carbonyl (C=O) groups is 2. The lowest BCUT2D eigenvalue weighted by Crippen LogP contribution is -2.32. The number of nitrogens with zero attached hydrogens (tertiary/aromatic N) is 4. The van der Waals surface area contributed by atoms with Gasteiger partial charge in [-0.1, -0.05) is 12.1 Å². The molecular formula is C12H22N6O2. The smallest absolute Gasteiger partial charge is 0.273 e. The van der Waals surface area contributed by atoms with Crippen LogP contribution in [0.15, 0.2) is 6.20 Å². The van der Waals surface area contributed by atoms with Crippen LogP contribution in [0, 0.1) is 0 Å². The van der Waals surface area contributed by atoms with Crippen LogP contribution in [-0.2, 0) is 11.3 Å². The molecule has 8 heteroatoms. The normalized spacial score (nSPS) is 10.3. The predicted octanol–water partition coefficient (Wildman–Crippen LogP) is -0.904. The molecule has 1 aromatic heterocycles. The second kappa shape index (κ2) is 8.26. The van der Waals surface area contributed by atoms with Gasteiger partial charge in [0, 0.05) is 27.2 Å². The molecule has 2 N–H and O–H groups in total. The SMILES string of the molecule is CCCNCCNC(=O)c1cn(CC(=O)N(C)C)nn1. The summed E-state index contributed by atoms with van der Waals surface area (Å²) in [6, 6.07) is 0. The van der Waals surface area contributed by atoms with Crippen molar-refractivity contribution in [2.24, 2.45) is 0 Å². The first-order valence-electron chi connectivity index (χ1n) is 6.63. The number of likely N-dealkylation sites (N-methyl/N-ethyl adjacent to an activating group) is 1. The molecule has 0 aliphatic heterocycles. The zero-order valence-corrected chi connectivity index (χ0v) is 12.2. The van der Waals surface area contributed by atoms with E-state index >= 15 is 0 Å². The van der Waals surface area contributed by atoms with Crippen LogP contribution in [0.4, 0.5) is 0 Å². The van der Waals surface area contributed by atoms with Gasteiger partial charge in [0.2, 0.25) is 5.91 Å². The van der Waals surface area contributed by atoms with Crippen molar-refractivity contribution in [2.75, 3.05) is 33.7 Å². The molecule has 20 heavy (non-hydrogen) atoms. The zero-order chi connectivity index (χ0) is 15.0. The van der Waals surface area contributed by atoms with Crippen molar-refractivity contribution in [2.45, 2.75) is 19.9 Å². The van der Waals surface area contributed by atoms with Crippen LogP contribution in [0.25, 0.3) is 0 Å². The van der Waals surface area contributed by atoms with E-state index in [1.807, 2.05) is 0 Å². The summed E-state index contributed by atoms with van der Waals surface area (Å²) in [6.07, 6.45) is 2.53. The first-order chi connectivity index (χ1) is 9.54. The Labute approximate surface area is 118 Å². The summed E-state index contributed by atoms with van der Waals surface area (Å²) >= 11 is 0. The Morgan fingerprint density at radius 1 is 1.30 bits per heavy atom. The van der Waals surface area contributed by atoms with Crippen molar-refractivity contribution in [3.8, 4) is 0 Å². The quantitative estimate of drug-likeness (QED) is 0.603. The number of hydrogen-bond donors (Lipinski definition) is 2. The molecule has 2 amide bonds. The molecule has 112 valence electrons. The molecule has 0 atom stereocenters. The maximum atomic E-state index is 11.8. The minimum absolute atomic E-state index is 0.0747. The summed E-state index contributed by atoms with van der Waals surface area (Å²) in [5.41, 5.74) is 0.215. The van der Waals surface area contributed by atoms with Crippen LogP contribution in [0.1, 0.15) is 23.8 Å². The molecule has 0 aromatic carbocycles. The fraction of sp³-hybridized carbons (Fsp3) is 0.667. The fourth-order valence-corrected chi connectivity index (χ4v) is 1.42. The zero-order valence-electron chi connectivity index (χ0n) is 12.2. The third kappa shape index (κ3) is 5.35. The van der Waals surface area contributed by atoms with E-state index < -0.39 is 0 Å². The maximum absolute atomic E-state index is 11.8.